The summed E-state index contributed by atoms with van der Waals surface area (Å²) < 4.78 is 29.4. The van der Waals surface area contributed by atoms with Gasteiger partial charge in [0.25, 0.3) is 0 Å². The van der Waals surface area contributed by atoms with Crippen LogP contribution in [0.2, 0.25) is 0 Å². The molecule has 2 heterocycles. The first-order chi connectivity index (χ1) is 14.1. The van der Waals surface area contributed by atoms with Crippen molar-refractivity contribution in [1.82, 2.24) is 20.1 Å². The molecule has 0 aliphatic heterocycles. The summed E-state index contributed by atoms with van der Waals surface area (Å²) in [5, 5.41) is 9.52. The molecule has 6 nitrogen and oxygen atoms in total. The number of anilines is 1. The van der Waals surface area contributed by atoms with E-state index in [1.165, 1.54) is 18.9 Å². The summed E-state index contributed by atoms with van der Waals surface area (Å²) in [7, 11) is 0. The Morgan fingerprint density at radius 2 is 1.79 bits per heavy atom. The maximum atomic E-state index is 13.7. The van der Waals surface area contributed by atoms with Crippen LogP contribution in [0.3, 0.4) is 0 Å². The van der Waals surface area contributed by atoms with Crippen LogP contribution in [0.4, 0.5) is 19.3 Å². The molecule has 0 bridgehead atoms. The maximum absolute atomic E-state index is 13.7. The Bertz CT molecular complexity index is 979. The number of hydrogen-bond acceptors (Lipinski definition) is 3. The third-order valence-corrected chi connectivity index (χ3v) is 5.06. The molecule has 1 saturated carbocycles. The molecular formula is C21H21F2N5O. The molecule has 150 valence electrons. The van der Waals surface area contributed by atoms with Gasteiger partial charge in [0.05, 0.1) is 24.0 Å². The van der Waals surface area contributed by atoms with E-state index >= 15 is 0 Å². The number of rotatable bonds is 5. The Kier molecular flexibility index (Phi) is 5.50. The Morgan fingerprint density at radius 1 is 1.10 bits per heavy atom. The number of pyridine rings is 1. The van der Waals surface area contributed by atoms with E-state index in [-0.39, 0.29) is 6.54 Å². The van der Waals surface area contributed by atoms with E-state index < -0.39 is 23.4 Å². The zero-order valence-electron chi connectivity index (χ0n) is 15.7. The van der Waals surface area contributed by atoms with Gasteiger partial charge < -0.3 is 10.6 Å². The number of hydrogen-bond donors (Lipinski definition) is 2. The largest absolute Gasteiger partial charge is 0.332 e. The van der Waals surface area contributed by atoms with E-state index in [4.69, 9.17) is 0 Å². The van der Waals surface area contributed by atoms with Crippen LogP contribution >= 0.6 is 0 Å². The van der Waals surface area contributed by atoms with Gasteiger partial charge in [-0.2, -0.15) is 5.10 Å². The van der Waals surface area contributed by atoms with Crippen molar-refractivity contribution >= 4 is 11.7 Å². The van der Waals surface area contributed by atoms with Crippen LogP contribution in [0.25, 0.3) is 11.3 Å². The highest BCUT2D eigenvalue weighted by Gasteiger charge is 2.22. The summed E-state index contributed by atoms with van der Waals surface area (Å²) in [5.74, 6) is -1.66. The lowest BCUT2D eigenvalue weighted by Crippen LogP contribution is -2.29. The zero-order chi connectivity index (χ0) is 20.2. The number of benzene rings is 1. The van der Waals surface area contributed by atoms with Crippen LogP contribution in [-0.4, -0.2) is 20.8 Å². The van der Waals surface area contributed by atoms with Crippen molar-refractivity contribution < 1.29 is 13.6 Å². The summed E-state index contributed by atoms with van der Waals surface area (Å²) in [5.41, 5.74) is 2.17. The Balaban J connectivity index is 1.49. The van der Waals surface area contributed by atoms with Gasteiger partial charge in [0.15, 0.2) is 0 Å². The molecular weight excluding hydrogens is 376 g/mol. The standard InChI is InChI=1S/C21H21F2N5O/c22-17-6-3-7-18(23)20(17)26-21(29)25-13-15-12-19(14-8-10-24-11-9-14)28(27-15)16-4-1-2-5-16/h3,6-12,16H,1-2,4-5,13H2,(H2,25,26,29). The van der Waals surface area contributed by atoms with Crippen molar-refractivity contribution in [1.29, 1.82) is 0 Å². The van der Waals surface area contributed by atoms with E-state index in [1.807, 2.05) is 22.9 Å². The van der Waals surface area contributed by atoms with Crippen LogP contribution in [0.15, 0.2) is 48.8 Å². The van der Waals surface area contributed by atoms with Gasteiger partial charge in [-0.1, -0.05) is 18.9 Å². The topological polar surface area (TPSA) is 71.8 Å². The maximum Gasteiger partial charge on any atom is 0.319 e. The lowest BCUT2D eigenvalue weighted by Gasteiger charge is -2.14. The van der Waals surface area contributed by atoms with Crippen molar-refractivity contribution in [3.05, 3.63) is 66.1 Å². The molecule has 8 heteroatoms. The molecule has 2 amide bonds. The fourth-order valence-corrected chi connectivity index (χ4v) is 3.64. The van der Waals surface area contributed by atoms with E-state index in [1.54, 1.807) is 12.4 Å². The van der Waals surface area contributed by atoms with Crippen molar-refractivity contribution in [2.75, 3.05) is 5.32 Å². The molecule has 0 unspecified atom stereocenters. The number of aromatic nitrogens is 3. The minimum Gasteiger partial charge on any atom is -0.332 e. The first kappa shape index (κ1) is 19.0. The summed E-state index contributed by atoms with van der Waals surface area (Å²) in [6, 6.07) is 8.82. The quantitative estimate of drug-likeness (QED) is 0.658. The van der Waals surface area contributed by atoms with Gasteiger partial charge >= 0.3 is 6.03 Å². The molecule has 0 atom stereocenters. The first-order valence-electron chi connectivity index (χ1n) is 9.59. The number of amides is 2. The van der Waals surface area contributed by atoms with Crippen LogP contribution < -0.4 is 10.6 Å². The molecule has 0 spiro atoms. The number of nitrogens with zero attached hydrogens (tertiary/aromatic N) is 3. The molecule has 4 rings (SSSR count). The number of nitrogens with one attached hydrogen (secondary N) is 2. The molecule has 1 fully saturated rings. The molecule has 2 N–H and O–H groups in total. The van der Waals surface area contributed by atoms with E-state index in [0.29, 0.717) is 11.7 Å². The highest BCUT2D eigenvalue weighted by molar-refractivity contribution is 5.89. The lowest BCUT2D eigenvalue weighted by atomic mass is 10.1. The predicted molar refractivity (Wildman–Crippen MR) is 105 cm³/mol. The Morgan fingerprint density at radius 3 is 2.48 bits per heavy atom. The average molecular weight is 397 g/mol. The van der Waals surface area contributed by atoms with E-state index in [0.717, 1.165) is 36.2 Å². The zero-order valence-corrected chi connectivity index (χ0v) is 15.7. The fourth-order valence-electron chi connectivity index (χ4n) is 3.64. The third kappa shape index (κ3) is 4.26. The van der Waals surface area contributed by atoms with Crippen LogP contribution in [-0.2, 0) is 6.54 Å². The second kappa shape index (κ2) is 8.38. The van der Waals surface area contributed by atoms with Crippen molar-refractivity contribution in [3.8, 4) is 11.3 Å². The van der Waals surface area contributed by atoms with Crippen LogP contribution in [0, 0.1) is 11.6 Å². The van der Waals surface area contributed by atoms with Gasteiger partial charge in [-0.15, -0.1) is 0 Å². The van der Waals surface area contributed by atoms with Crippen LogP contribution in [0.1, 0.15) is 37.4 Å². The smallest absolute Gasteiger partial charge is 0.319 e. The van der Waals surface area contributed by atoms with E-state index in [9.17, 15) is 13.6 Å². The normalized spacial score (nSPS) is 14.1. The van der Waals surface area contributed by atoms with Gasteiger partial charge in [0.2, 0.25) is 0 Å². The van der Waals surface area contributed by atoms with Gasteiger partial charge in [-0.05, 0) is 43.2 Å². The molecule has 3 aromatic rings. The van der Waals surface area contributed by atoms with Crippen molar-refractivity contribution in [3.63, 3.8) is 0 Å². The van der Waals surface area contributed by atoms with Crippen molar-refractivity contribution in [2.45, 2.75) is 38.3 Å². The summed E-state index contributed by atoms with van der Waals surface area (Å²) in [6.07, 6.45) is 7.94. The summed E-state index contributed by atoms with van der Waals surface area (Å²) >= 11 is 0. The molecule has 1 aliphatic rings. The van der Waals surface area contributed by atoms with Gasteiger partial charge in [-0.3, -0.25) is 9.67 Å². The Labute approximate surface area is 167 Å². The minimum atomic E-state index is -0.828. The van der Waals surface area contributed by atoms with Gasteiger partial charge in [-0.25, -0.2) is 13.6 Å². The number of carbonyl (C=O) groups excluding carboxylic acids is 1. The molecule has 0 saturated heterocycles. The van der Waals surface area contributed by atoms with Crippen LogP contribution in [0.5, 0.6) is 0 Å². The number of para-hydroxylation sites is 1. The van der Waals surface area contributed by atoms with Crippen molar-refractivity contribution in [2.24, 2.45) is 0 Å². The molecule has 1 aliphatic carbocycles. The second-order valence-corrected chi connectivity index (χ2v) is 7.04. The Hall–Kier alpha value is -3.29. The predicted octanol–water partition coefficient (Wildman–Crippen LogP) is 4.66. The molecule has 2 aromatic heterocycles. The minimum absolute atomic E-state index is 0.139. The monoisotopic (exact) mass is 397 g/mol. The fraction of sp³-hybridized carbons (Fsp3) is 0.286. The molecule has 29 heavy (non-hydrogen) atoms. The van der Waals surface area contributed by atoms with Gasteiger partial charge in [0.1, 0.15) is 17.3 Å². The lowest BCUT2D eigenvalue weighted by molar-refractivity contribution is 0.251. The number of urea groups is 1. The SMILES string of the molecule is O=C(NCc1cc(-c2ccncc2)n(C2CCCC2)n1)Nc1c(F)cccc1F. The first-order valence-corrected chi connectivity index (χ1v) is 9.59. The molecule has 0 radical (unpaired) electrons. The molecule has 1 aromatic carbocycles. The van der Waals surface area contributed by atoms with E-state index in [2.05, 4.69) is 20.7 Å². The van der Waals surface area contributed by atoms with Gasteiger partial charge in [0, 0.05) is 18.0 Å². The summed E-state index contributed by atoms with van der Waals surface area (Å²) in [4.78, 5) is 16.2. The number of carbonyl (C=O) groups is 1. The highest BCUT2D eigenvalue weighted by atomic mass is 19.1. The average Bonchev–Trinajstić information content (AvgIpc) is 3.39. The highest BCUT2D eigenvalue weighted by Crippen LogP contribution is 2.33. The third-order valence-electron chi connectivity index (χ3n) is 5.06. The number of halogens is 2. The second-order valence-electron chi connectivity index (χ2n) is 7.04. The summed E-state index contributed by atoms with van der Waals surface area (Å²) in [6.45, 7) is 0.139.